The van der Waals surface area contributed by atoms with Crippen molar-refractivity contribution in [3.05, 3.63) is 54.1 Å². The summed E-state index contributed by atoms with van der Waals surface area (Å²) < 4.78 is 6.05. The number of ether oxygens (including phenoxy) is 1. The highest BCUT2D eigenvalue weighted by atomic mass is 16.5. The lowest BCUT2D eigenvalue weighted by Crippen LogP contribution is -2.56. The van der Waals surface area contributed by atoms with E-state index in [4.69, 9.17) is 4.74 Å². The van der Waals surface area contributed by atoms with Crippen molar-refractivity contribution in [2.45, 2.75) is 25.5 Å². The Hall–Kier alpha value is -1.65. The van der Waals surface area contributed by atoms with Crippen LogP contribution in [0.5, 0.6) is 0 Å². The molecular weight excluding hydrogens is 262 g/mol. The third-order valence-corrected chi connectivity index (χ3v) is 4.64. The van der Waals surface area contributed by atoms with E-state index in [1.54, 1.807) is 0 Å². The summed E-state index contributed by atoms with van der Waals surface area (Å²) in [5.74, 6) is 1.06. The van der Waals surface area contributed by atoms with Crippen LogP contribution in [0.2, 0.25) is 0 Å². The van der Waals surface area contributed by atoms with Gasteiger partial charge in [-0.3, -0.25) is 4.90 Å². The highest BCUT2D eigenvalue weighted by Gasteiger charge is 2.48. The second kappa shape index (κ2) is 5.28. The molecule has 110 valence electrons. The van der Waals surface area contributed by atoms with Crippen LogP contribution in [0.1, 0.15) is 17.8 Å². The minimum Gasteiger partial charge on any atom is -0.377 e. The molecule has 1 aromatic carbocycles. The zero-order valence-corrected chi connectivity index (χ0v) is 12.2. The van der Waals surface area contributed by atoms with Crippen molar-refractivity contribution in [1.29, 1.82) is 0 Å². The number of nitrogens with one attached hydrogen (secondary N) is 1. The lowest BCUT2D eigenvalue weighted by Gasteiger charge is -2.47. The fourth-order valence-electron chi connectivity index (χ4n) is 3.73. The Balaban J connectivity index is 1.29. The Kier molecular flexibility index (Phi) is 3.28. The summed E-state index contributed by atoms with van der Waals surface area (Å²) in [7, 11) is 0. The Morgan fingerprint density at radius 1 is 1.29 bits per heavy atom. The standard InChI is InChI=1S/C17H21N3O/c1-2-4-14(5-3-1)8-15-9-17(13-21-15)11-20(12-17)10-16-18-6-7-19-16/h1-7,15H,8-13H2,(H,18,19). The van der Waals surface area contributed by atoms with E-state index in [2.05, 4.69) is 45.2 Å². The van der Waals surface area contributed by atoms with E-state index in [-0.39, 0.29) is 0 Å². The third-order valence-electron chi connectivity index (χ3n) is 4.64. The molecule has 0 amide bonds. The number of rotatable bonds is 4. The maximum Gasteiger partial charge on any atom is 0.120 e. The maximum absolute atomic E-state index is 6.05. The molecule has 2 aliphatic heterocycles. The molecule has 0 aliphatic carbocycles. The predicted octanol–water partition coefficient (Wildman–Crippen LogP) is 2.24. The molecule has 1 unspecified atom stereocenters. The Morgan fingerprint density at radius 3 is 2.90 bits per heavy atom. The van der Waals surface area contributed by atoms with Gasteiger partial charge in [0.15, 0.2) is 0 Å². The number of hydrogen-bond donors (Lipinski definition) is 1. The summed E-state index contributed by atoms with van der Waals surface area (Å²) in [6.07, 6.45) is 6.33. The number of nitrogens with zero attached hydrogens (tertiary/aromatic N) is 2. The number of likely N-dealkylation sites (tertiary alicyclic amines) is 1. The fraction of sp³-hybridized carbons (Fsp3) is 0.471. The van der Waals surface area contributed by atoms with Crippen molar-refractivity contribution >= 4 is 0 Å². The summed E-state index contributed by atoms with van der Waals surface area (Å²) in [6.45, 7) is 4.12. The zero-order chi connectivity index (χ0) is 14.1. The van der Waals surface area contributed by atoms with E-state index in [0.29, 0.717) is 11.5 Å². The molecule has 3 heterocycles. The number of imidazole rings is 1. The van der Waals surface area contributed by atoms with Gasteiger partial charge in [0.25, 0.3) is 0 Å². The normalized spacial score (nSPS) is 24.3. The summed E-state index contributed by atoms with van der Waals surface area (Å²) in [5, 5.41) is 0. The van der Waals surface area contributed by atoms with Crippen LogP contribution in [0.3, 0.4) is 0 Å². The van der Waals surface area contributed by atoms with E-state index in [0.717, 1.165) is 38.5 Å². The van der Waals surface area contributed by atoms with Crippen molar-refractivity contribution in [1.82, 2.24) is 14.9 Å². The van der Waals surface area contributed by atoms with Gasteiger partial charge in [-0.05, 0) is 18.4 Å². The topological polar surface area (TPSA) is 41.1 Å². The molecule has 2 saturated heterocycles. The molecule has 2 aromatic rings. The molecule has 0 radical (unpaired) electrons. The molecule has 1 aromatic heterocycles. The molecule has 21 heavy (non-hydrogen) atoms. The number of aromatic nitrogens is 2. The first-order valence-corrected chi connectivity index (χ1v) is 7.68. The van der Waals surface area contributed by atoms with Gasteiger partial charge in [0.05, 0.1) is 19.3 Å². The summed E-state index contributed by atoms with van der Waals surface area (Å²) in [6, 6.07) is 10.7. The van der Waals surface area contributed by atoms with Crippen LogP contribution >= 0.6 is 0 Å². The summed E-state index contributed by atoms with van der Waals surface area (Å²) in [4.78, 5) is 9.92. The largest absolute Gasteiger partial charge is 0.377 e. The van der Waals surface area contributed by atoms with Crippen LogP contribution in [0, 0.1) is 5.41 Å². The molecule has 0 bridgehead atoms. The van der Waals surface area contributed by atoms with Gasteiger partial charge in [-0.25, -0.2) is 4.98 Å². The monoisotopic (exact) mass is 283 g/mol. The fourth-order valence-corrected chi connectivity index (χ4v) is 3.73. The number of aromatic amines is 1. The van der Waals surface area contributed by atoms with E-state index in [1.807, 2.05) is 12.4 Å². The van der Waals surface area contributed by atoms with Gasteiger partial charge in [-0.1, -0.05) is 30.3 Å². The van der Waals surface area contributed by atoms with E-state index in [9.17, 15) is 0 Å². The van der Waals surface area contributed by atoms with E-state index < -0.39 is 0 Å². The SMILES string of the molecule is c1ccc(CC2CC3(CO2)CN(Cc2ncc[nH]2)C3)cc1. The highest BCUT2D eigenvalue weighted by Crippen LogP contribution is 2.42. The Bertz CT molecular complexity index is 575. The van der Waals surface area contributed by atoms with Crippen molar-refractivity contribution in [2.75, 3.05) is 19.7 Å². The van der Waals surface area contributed by atoms with Gasteiger partial charge in [0, 0.05) is 30.9 Å². The van der Waals surface area contributed by atoms with E-state index in [1.165, 1.54) is 12.0 Å². The number of benzene rings is 1. The van der Waals surface area contributed by atoms with Crippen molar-refractivity contribution in [3.8, 4) is 0 Å². The second-order valence-corrected chi connectivity index (χ2v) is 6.51. The van der Waals surface area contributed by atoms with Crippen LogP contribution < -0.4 is 0 Å². The Morgan fingerprint density at radius 2 is 2.14 bits per heavy atom. The van der Waals surface area contributed by atoms with Crippen LogP contribution in [0.4, 0.5) is 0 Å². The van der Waals surface area contributed by atoms with Gasteiger partial charge in [-0.2, -0.15) is 0 Å². The molecule has 4 heteroatoms. The number of hydrogen-bond acceptors (Lipinski definition) is 3. The Labute approximate surface area is 125 Å². The maximum atomic E-state index is 6.05. The smallest absolute Gasteiger partial charge is 0.120 e. The van der Waals surface area contributed by atoms with Gasteiger partial charge in [-0.15, -0.1) is 0 Å². The minimum atomic E-state index is 0.387. The third kappa shape index (κ3) is 2.74. The quantitative estimate of drug-likeness (QED) is 0.935. The van der Waals surface area contributed by atoms with Crippen molar-refractivity contribution in [2.24, 2.45) is 5.41 Å². The van der Waals surface area contributed by atoms with Gasteiger partial charge in [0.1, 0.15) is 5.82 Å². The van der Waals surface area contributed by atoms with Crippen LogP contribution in [0.15, 0.2) is 42.7 Å². The molecule has 4 nitrogen and oxygen atoms in total. The first-order chi connectivity index (χ1) is 10.3. The lowest BCUT2D eigenvalue weighted by atomic mass is 9.77. The molecule has 2 fully saturated rings. The van der Waals surface area contributed by atoms with Gasteiger partial charge < -0.3 is 9.72 Å². The molecular formula is C17H21N3O. The van der Waals surface area contributed by atoms with Crippen LogP contribution in [-0.4, -0.2) is 40.7 Å². The van der Waals surface area contributed by atoms with Gasteiger partial charge in [0.2, 0.25) is 0 Å². The molecule has 1 N–H and O–H groups in total. The van der Waals surface area contributed by atoms with Gasteiger partial charge >= 0.3 is 0 Å². The molecule has 1 atom stereocenters. The average molecular weight is 283 g/mol. The average Bonchev–Trinajstić information content (AvgIpc) is 3.10. The van der Waals surface area contributed by atoms with Crippen LogP contribution in [-0.2, 0) is 17.7 Å². The predicted molar refractivity (Wildman–Crippen MR) is 80.8 cm³/mol. The molecule has 2 aliphatic rings. The highest BCUT2D eigenvalue weighted by molar-refractivity contribution is 5.16. The second-order valence-electron chi connectivity index (χ2n) is 6.51. The first kappa shape index (κ1) is 13.0. The summed E-state index contributed by atoms with van der Waals surface area (Å²) >= 11 is 0. The first-order valence-electron chi connectivity index (χ1n) is 7.68. The molecule has 0 saturated carbocycles. The number of H-pyrrole nitrogens is 1. The zero-order valence-electron chi connectivity index (χ0n) is 12.2. The van der Waals surface area contributed by atoms with E-state index >= 15 is 0 Å². The van der Waals surface area contributed by atoms with Crippen molar-refractivity contribution in [3.63, 3.8) is 0 Å². The van der Waals surface area contributed by atoms with Crippen molar-refractivity contribution < 1.29 is 4.74 Å². The summed E-state index contributed by atoms with van der Waals surface area (Å²) in [5.41, 5.74) is 1.78. The minimum absolute atomic E-state index is 0.387. The molecule has 4 rings (SSSR count). The molecule has 1 spiro atoms. The van der Waals surface area contributed by atoms with Crippen LogP contribution in [0.25, 0.3) is 0 Å². The lowest BCUT2D eigenvalue weighted by molar-refractivity contribution is -0.0153.